The minimum Gasteiger partial charge on any atom is -0.335 e. The van der Waals surface area contributed by atoms with E-state index in [-0.39, 0.29) is 17.2 Å². The molecular formula is C16H14BrFN4O2. The maximum Gasteiger partial charge on any atom is 0.330 e. The molecular weight excluding hydrogens is 379 g/mol. The number of benzene rings is 1. The fraction of sp³-hybridized carbons (Fsp3) is 0.312. The molecule has 2 aliphatic rings. The van der Waals surface area contributed by atoms with Gasteiger partial charge in [-0.1, -0.05) is 15.9 Å². The number of rotatable bonds is 2. The van der Waals surface area contributed by atoms with E-state index in [4.69, 9.17) is 0 Å². The number of nitrogens with one attached hydrogen (secondary N) is 2. The summed E-state index contributed by atoms with van der Waals surface area (Å²) in [7, 11) is 0. The molecule has 2 N–H and O–H groups in total. The van der Waals surface area contributed by atoms with Gasteiger partial charge in [-0.3, -0.25) is 0 Å². The lowest BCUT2D eigenvalue weighted by Crippen LogP contribution is -2.53. The minimum atomic E-state index is -1.11. The Balaban J connectivity index is 2.11. The highest BCUT2D eigenvalue weighted by atomic mass is 79.9. The van der Waals surface area contributed by atoms with Crippen LogP contribution >= 0.6 is 15.9 Å². The summed E-state index contributed by atoms with van der Waals surface area (Å²) in [6.45, 7) is 1.55. The molecule has 1 aliphatic heterocycles. The normalized spacial score (nSPS) is 20.5. The molecule has 1 aromatic carbocycles. The summed E-state index contributed by atoms with van der Waals surface area (Å²) in [5, 5.41) is 14.7. The average Bonchev–Trinajstić information content (AvgIpc) is 3.32. The number of urea groups is 2. The van der Waals surface area contributed by atoms with Crippen LogP contribution in [0.2, 0.25) is 0 Å². The molecule has 0 bridgehead atoms. The van der Waals surface area contributed by atoms with Crippen LogP contribution in [0.3, 0.4) is 0 Å². The predicted octanol–water partition coefficient (Wildman–Crippen LogP) is 3.32. The molecule has 1 saturated carbocycles. The van der Waals surface area contributed by atoms with Gasteiger partial charge in [0.25, 0.3) is 0 Å². The third-order valence-corrected chi connectivity index (χ3v) is 4.44. The van der Waals surface area contributed by atoms with Crippen molar-refractivity contribution in [1.82, 2.24) is 15.5 Å². The molecule has 1 heterocycles. The van der Waals surface area contributed by atoms with Crippen LogP contribution in [0, 0.1) is 17.1 Å². The third kappa shape index (κ3) is 2.99. The van der Waals surface area contributed by atoms with E-state index in [1.54, 1.807) is 6.92 Å². The van der Waals surface area contributed by atoms with Gasteiger partial charge in [-0.2, -0.15) is 5.26 Å². The van der Waals surface area contributed by atoms with E-state index >= 15 is 0 Å². The Morgan fingerprint density at radius 3 is 2.83 bits per heavy atom. The molecule has 1 aromatic rings. The van der Waals surface area contributed by atoms with Crippen molar-refractivity contribution < 1.29 is 14.0 Å². The number of allylic oxidation sites excluding steroid dienone is 1. The number of nitriles is 1. The molecule has 3 rings (SSSR count). The maximum absolute atomic E-state index is 14.4. The summed E-state index contributed by atoms with van der Waals surface area (Å²) in [5.74, 6) is -0.595. The van der Waals surface area contributed by atoms with Gasteiger partial charge >= 0.3 is 12.1 Å². The summed E-state index contributed by atoms with van der Waals surface area (Å²) in [5.41, 5.74) is 0.515. The van der Waals surface area contributed by atoms with Crippen molar-refractivity contribution >= 4 is 28.0 Å². The summed E-state index contributed by atoms with van der Waals surface area (Å²) in [6, 6.07) is 3.79. The van der Waals surface area contributed by atoms with Crippen LogP contribution in [0.15, 0.2) is 33.9 Å². The largest absolute Gasteiger partial charge is 0.335 e. The third-order valence-electron chi connectivity index (χ3n) is 3.95. The number of hydrogen-bond donors (Lipinski definition) is 2. The van der Waals surface area contributed by atoms with E-state index in [0.717, 1.165) is 17.7 Å². The zero-order valence-electron chi connectivity index (χ0n) is 12.8. The van der Waals surface area contributed by atoms with Crippen molar-refractivity contribution in [3.8, 4) is 6.07 Å². The first-order valence-electron chi connectivity index (χ1n) is 7.39. The Kier molecular flexibility index (Phi) is 4.28. The Morgan fingerprint density at radius 2 is 2.21 bits per heavy atom. The predicted molar refractivity (Wildman–Crippen MR) is 87.1 cm³/mol. The maximum atomic E-state index is 14.4. The van der Waals surface area contributed by atoms with E-state index in [9.17, 15) is 19.2 Å². The molecule has 0 saturated heterocycles. The highest BCUT2D eigenvalue weighted by Gasteiger charge is 2.41. The SMILES string of the molecule is CC1=C(C#N)C(c2cc(Br)ccc2F)N(C(=O)NC2CC2)C(=O)N1. The van der Waals surface area contributed by atoms with Crippen molar-refractivity contribution in [2.45, 2.75) is 31.8 Å². The van der Waals surface area contributed by atoms with Crippen LogP contribution in [0.4, 0.5) is 14.0 Å². The second kappa shape index (κ2) is 6.24. The summed E-state index contributed by atoms with van der Waals surface area (Å²) < 4.78 is 15.0. The van der Waals surface area contributed by atoms with Gasteiger partial charge in [-0.15, -0.1) is 0 Å². The van der Waals surface area contributed by atoms with Crippen LogP contribution in [-0.2, 0) is 0 Å². The van der Waals surface area contributed by atoms with Crippen molar-refractivity contribution in [2.75, 3.05) is 0 Å². The number of carbonyl (C=O) groups is 2. The molecule has 4 amide bonds. The molecule has 0 spiro atoms. The van der Waals surface area contributed by atoms with E-state index in [2.05, 4.69) is 26.6 Å². The second-order valence-electron chi connectivity index (χ2n) is 5.74. The molecule has 1 unspecified atom stereocenters. The number of carbonyl (C=O) groups excluding carboxylic acids is 2. The van der Waals surface area contributed by atoms with Gasteiger partial charge in [0.2, 0.25) is 0 Å². The molecule has 24 heavy (non-hydrogen) atoms. The van der Waals surface area contributed by atoms with E-state index in [0.29, 0.717) is 10.2 Å². The topological polar surface area (TPSA) is 85.2 Å². The van der Waals surface area contributed by atoms with Crippen molar-refractivity contribution in [3.05, 3.63) is 45.3 Å². The van der Waals surface area contributed by atoms with Crippen LogP contribution in [0.25, 0.3) is 0 Å². The molecule has 0 aromatic heterocycles. The Labute approximate surface area is 146 Å². The standard InChI is InChI=1S/C16H14BrFN4O2/c1-8-12(7-19)14(11-6-9(17)2-5-13(11)18)22(15(23)20-8)16(24)21-10-3-4-10/h2,5-6,10,14H,3-4H2,1H3,(H,20,23)(H,21,24). The molecule has 1 atom stereocenters. The molecule has 8 heteroatoms. The van der Waals surface area contributed by atoms with Crippen molar-refractivity contribution in [1.29, 1.82) is 5.26 Å². The average molecular weight is 393 g/mol. The fourth-order valence-electron chi connectivity index (χ4n) is 2.58. The quantitative estimate of drug-likeness (QED) is 0.809. The molecule has 1 aliphatic carbocycles. The van der Waals surface area contributed by atoms with Gasteiger partial charge in [0.15, 0.2) is 0 Å². The van der Waals surface area contributed by atoms with E-state index in [1.807, 2.05) is 6.07 Å². The van der Waals surface area contributed by atoms with Crippen LogP contribution in [-0.4, -0.2) is 23.0 Å². The van der Waals surface area contributed by atoms with E-state index < -0.39 is 23.9 Å². The molecule has 0 radical (unpaired) electrons. The van der Waals surface area contributed by atoms with Gasteiger partial charge in [0, 0.05) is 21.8 Å². The highest BCUT2D eigenvalue weighted by Crippen LogP contribution is 2.36. The smallest absolute Gasteiger partial charge is 0.330 e. The van der Waals surface area contributed by atoms with Crippen molar-refractivity contribution in [2.24, 2.45) is 0 Å². The first-order chi connectivity index (χ1) is 11.4. The number of hydrogen-bond acceptors (Lipinski definition) is 3. The zero-order valence-corrected chi connectivity index (χ0v) is 14.4. The lowest BCUT2D eigenvalue weighted by molar-refractivity contribution is 0.172. The zero-order chi connectivity index (χ0) is 17.4. The molecule has 6 nitrogen and oxygen atoms in total. The lowest BCUT2D eigenvalue weighted by atomic mass is 9.94. The molecule has 1 fully saturated rings. The van der Waals surface area contributed by atoms with E-state index in [1.165, 1.54) is 18.2 Å². The molecule has 124 valence electrons. The monoisotopic (exact) mass is 392 g/mol. The summed E-state index contributed by atoms with van der Waals surface area (Å²) >= 11 is 3.26. The number of imide groups is 1. The van der Waals surface area contributed by atoms with Crippen LogP contribution in [0.5, 0.6) is 0 Å². The minimum absolute atomic E-state index is 0.0239. The van der Waals surface area contributed by atoms with Crippen LogP contribution in [0.1, 0.15) is 31.4 Å². The van der Waals surface area contributed by atoms with Gasteiger partial charge in [-0.05, 0) is 38.0 Å². The second-order valence-corrected chi connectivity index (χ2v) is 6.66. The van der Waals surface area contributed by atoms with Gasteiger partial charge in [0.05, 0.1) is 11.6 Å². The van der Waals surface area contributed by atoms with Gasteiger partial charge in [0.1, 0.15) is 11.9 Å². The summed E-state index contributed by atoms with van der Waals surface area (Å²) in [4.78, 5) is 25.7. The van der Waals surface area contributed by atoms with Gasteiger partial charge in [-0.25, -0.2) is 18.9 Å². The first kappa shape index (κ1) is 16.5. The lowest BCUT2D eigenvalue weighted by Gasteiger charge is -2.35. The fourth-order valence-corrected chi connectivity index (χ4v) is 2.96. The highest BCUT2D eigenvalue weighted by molar-refractivity contribution is 9.10. The Morgan fingerprint density at radius 1 is 1.50 bits per heavy atom. The van der Waals surface area contributed by atoms with Crippen LogP contribution < -0.4 is 10.6 Å². The number of nitrogens with zero attached hydrogens (tertiary/aromatic N) is 2. The number of amides is 4. The van der Waals surface area contributed by atoms with Gasteiger partial charge < -0.3 is 10.6 Å². The summed E-state index contributed by atoms with van der Waals surface area (Å²) in [6.07, 6.45) is 1.69. The first-order valence-corrected chi connectivity index (χ1v) is 8.18. The Bertz CT molecular complexity index is 798. The Hall–Kier alpha value is -2.40. The van der Waals surface area contributed by atoms with Crippen molar-refractivity contribution in [3.63, 3.8) is 0 Å². The number of halogens is 2.